The molecule has 0 aromatic heterocycles. The van der Waals surface area contributed by atoms with Crippen molar-refractivity contribution in [2.75, 3.05) is 13.7 Å². The summed E-state index contributed by atoms with van der Waals surface area (Å²) in [5.41, 5.74) is -0.103. The van der Waals surface area contributed by atoms with Gasteiger partial charge in [-0.15, -0.1) is 0 Å². The van der Waals surface area contributed by atoms with Gasteiger partial charge < -0.3 is 4.74 Å². The maximum atomic E-state index is 11.6. The third-order valence-electron chi connectivity index (χ3n) is 4.06. The van der Waals surface area contributed by atoms with E-state index in [0.717, 1.165) is 19.4 Å². The molecule has 2 fully saturated rings. The molecule has 0 spiro atoms. The summed E-state index contributed by atoms with van der Waals surface area (Å²) in [6.07, 6.45) is 5.17. The van der Waals surface area contributed by atoms with Crippen LogP contribution in [-0.2, 0) is 9.53 Å². The van der Waals surface area contributed by atoms with Gasteiger partial charge in [0.1, 0.15) is 5.78 Å². The topological polar surface area (TPSA) is 29.5 Å². The molecule has 0 aliphatic carbocycles. The Balaban J connectivity index is 2.06. The van der Waals surface area contributed by atoms with Crippen LogP contribution in [0.3, 0.4) is 0 Å². The Hall–Kier alpha value is -0.410. The Morgan fingerprint density at radius 1 is 1.31 bits per heavy atom. The van der Waals surface area contributed by atoms with E-state index in [9.17, 15) is 4.79 Å². The number of carbonyl (C=O) groups is 1. The fraction of sp³-hybridized carbons (Fsp3) is 0.923. The molecule has 3 heteroatoms. The average Bonchev–Trinajstić information content (AvgIpc) is 2.19. The molecule has 0 radical (unpaired) electrons. The van der Waals surface area contributed by atoms with E-state index in [1.165, 1.54) is 19.3 Å². The fourth-order valence-corrected chi connectivity index (χ4v) is 3.03. The number of nitrogens with zero attached hydrogens (tertiary/aromatic N) is 1. The van der Waals surface area contributed by atoms with Gasteiger partial charge in [-0.25, -0.2) is 0 Å². The highest BCUT2D eigenvalue weighted by molar-refractivity contribution is 5.80. The van der Waals surface area contributed by atoms with Crippen molar-refractivity contribution in [3.63, 3.8) is 0 Å². The number of fused-ring (bicyclic) bond motifs is 2. The first-order valence-electron chi connectivity index (χ1n) is 6.34. The molecule has 2 aliphatic rings. The highest BCUT2D eigenvalue weighted by Crippen LogP contribution is 2.33. The number of ketones is 1. The van der Waals surface area contributed by atoms with Crippen LogP contribution in [0.4, 0.5) is 0 Å². The van der Waals surface area contributed by atoms with Crippen molar-refractivity contribution in [2.45, 2.75) is 63.6 Å². The minimum absolute atomic E-state index is 0.103. The second-order valence-corrected chi connectivity index (χ2v) is 5.82. The molecule has 92 valence electrons. The zero-order chi connectivity index (χ0) is 11.8. The SMILES string of the molecule is COC(C)(C)CN1C2CCCC1CC(=O)C2. The number of ether oxygens (including phenoxy) is 1. The van der Waals surface area contributed by atoms with Crippen LogP contribution in [0.15, 0.2) is 0 Å². The molecule has 2 rings (SSSR count). The van der Waals surface area contributed by atoms with Crippen molar-refractivity contribution in [1.29, 1.82) is 0 Å². The lowest BCUT2D eigenvalue weighted by Crippen LogP contribution is -2.56. The van der Waals surface area contributed by atoms with E-state index in [1.54, 1.807) is 7.11 Å². The average molecular weight is 225 g/mol. The van der Waals surface area contributed by atoms with Gasteiger partial charge in [-0.2, -0.15) is 0 Å². The van der Waals surface area contributed by atoms with Gasteiger partial charge in [0.15, 0.2) is 0 Å². The Bertz CT molecular complexity index is 259. The van der Waals surface area contributed by atoms with Gasteiger partial charge in [-0.1, -0.05) is 6.42 Å². The number of hydrogen-bond acceptors (Lipinski definition) is 3. The highest BCUT2D eigenvalue weighted by Gasteiger charge is 2.39. The second kappa shape index (κ2) is 4.46. The second-order valence-electron chi connectivity index (χ2n) is 5.82. The zero-order valence-corrected chi connectivity index (χ0v) is 10.7. The summed E-state index contributed by atoms with van der Waals surface area (Å²) in [4.78, 5) is 14.1. The first kappa shape index (κ1) is 12.1. The monoisotopic (exact) mass is 225 g/mol. The molecule has 2 unspecified atom stereocenters. The third kappa shape index (κ3) is 2.46. The van der Waals surface area contributed by atoms with Crippen LogP contribution in [-0.4, -0.2) is 42.0 Å². The van der Waals surface area contributed by atoms with E-state index in [-0.39, 0.29) is 5.60 Å². The molecular weight excluding hydrogens is 202 g/mol. The lowest BCUT2D eigenvalue weighted by Gasteiger charge is -2.48. The summed E-state index contributed by atoms with van der Waals surface area (Å²) < 4.78 is 5.51. The molecule has 0 N–H and O–H groups in total. The summed E-state index contributed by atoms with van der Waals surface area (Å²) in [5, 5.41) is 0. The summed E-state index contributed by atoms with van der Waals surface area (Å²) in [6, 6.07) is 0.962. The van der Waals surface area contributed by atoms with Crippen molar-refractivity contribution in [1.82, 2.24) is 4.90 Å². The number of Topliss-reactive ketones (excluding diaryl/α,β-unsaturated/α-hetero) is 1. The minimum atomic E-state index is -0.103. The normalized spacial score (nSPS) is 31.8. The van der Waals surface area contributed by atoms with E-state index in [2.05, 4.69) is 18.7 Å². The number of methoxy groups -OCH3 is 1. The molecule has 16 heavy (non-hydrogen) atoms. The Kier molecular flexibility index (Phi) is 3.36. The molecule has 0 amide bonds. The minimum Gasteiger partial charge on any atom is -0.377 e. The van der Waals surface area contributed by atoms with Crippen LogP contribution >= 0.6 is 0 Å². The first-order chi connectivity index (χ1) is 7.52. The quantitative estimate of drug-likeness (QED) is 0.735. The number of hydrogen-bond donors (Lipinski definition) is 0. The van der Waals surface area contributed by atoms with Gasteiger partial charge in [0.25, 0.3) is 0 Å². The Morgan fingerprint density at radius 3 is 2.38 bits per heavy atom. The van der Waals surface area contributed by atoms with E-state index < -0.39 is 0 Å². The van der Waals surface area contributed by atoms with E-state index >= 15 is 0 Å². The van der Waals surface area contributed by atoms with Crippen LogP contribution in [0, 0.1) is 0 Å². The maximum absolute atomic E-state index is 11.6. The smallest absolute Gasteiger partial charge is 0.136 e. The molecule has 3 nitrogen and oxygen atoms in total. The summed E-state index contributed by atoms with van der Waals surface area (Å²) >= 11 is 0. The molecule has 0 aromatic carbocycles. The molecule has 0 saturated carbocycles. The molecule has 2 heterocycles. The third-order valence-corrected chi connectivity index (χ3v) is 4.06. The molecule has 2 saturated heterocycles. The van der Waals surface area contributed by atoms with Gasteiger partial charge in [-0.3, -0.25) is 9.69 Å². The summed E-state index contributed by atoms with van der Waals surface area (Å²) in [7, 11) is 1.77. The van der Waals surface area contributed by atoms with Gasteiger partial charge >= 0.3 is 0 Å². The lowest BCUT2D eigenvalue weighted by atomic mass is 9.83. The Morgan fingerprint density at radius 2 is 1.88 bits per heavy atom. The van der Waals surface area contributed by atoms with Crippen LogP contribution in [0.1, 0.15) is 46.0 Å². The number of rotatable bonds is 3. The standard InChI is InChI=1S/C13H23NO2/c1-13(2,16-3)9-14-10-5-4-6-11(14)8-12(15)7-10/h10-11H,4-9H2,1-3H3. The summed E-state index contributed by atoms with van der Waals surface area (Å²) in [6.45, 7) is 5.20. The maximum Gasteiger partial charge on any atom is 0.136 e. The highest BCUT2D eigenvalue weighted by atomic mass is 16.5. The largest absolute Gasteiger partial charge is 0.377 e. The van der Waals surface area contributed by atoms with Crippen LogP contribution < -0.4 is 0 Å². The van der Waals surface area contributed by atoms with Crippen molar-refractivity contribution in [3.8, 4) is 0 Å². The number of carbonyl (C=O) groups excluding carboxylic acids is 1. The molecule has 2 atom stereocenters. The van der Waals surface area contributed by atoms with Crippen molar-refractivity contribution in [3.05, 3.63) is 0 Å². The van der Waals surface area contributed by atoms with Gasteiger partial charge in [0, 0.05) is 38.6 Å². The lowest BCUT2D eigenvalue weighted by molar-refractivity contribution is -0.130. The van der Waals surface area contributed by atoms with Gasteiger partial charge in [0.2, 0.25) is 0 Å². The predicted molar refractivity (Wildman–Crippen MR) is 63.5 cm³/mol. The predicted octanol–water partition coefficient (Wildman–Crippen LogP) is 2.00. The summed E-state index contributed by atoms with van der Waals surface area (Å²) in [5.74, 6) is 0.459. The molecular formula is C13H23NO2. The van der Waals surface area contributed by atoms with Gasteiger partial charge in [-0.05, 0) is 26.7 Å². The Labute approximate surface area is 98.1 Å². The van der Waals surface area contributed by atoms with E-state index in [4.69, 9.17) is 4.74 Å². The van der Waals surface area contributed by atoms with Crippen molar-refractivity contribution in [2.24, 2.45) is 0 Å². The first-order valence-corrected chi connectivity index (χ1v) is 6.34. The fourth-order valence-electron chi connectivity index (χ4n) is 3.03. The van der Waals surface area contributed by atoms with Gasteiger partial charge in [0.05, 0.1) is 5.60 Å². The van der Waals surface area contributed by atoms with Crippen LogP contribution in [0.5, 0.6) is 0 Å². The molecule has 2 bridgehead atoms. The zero-order valence-electron chi connectivity index (χ0n) is 10.7. The van der Waals surface area contributed by atoms with Crippen molar-refractivity contribution >= 4 is 5.78 Å². The van der Waals surface area contributed by atoms with Crippen LogP contribution in [0.2, 0.25) is 0 Å². The van der Waals surface area contributed by atoms with Crippen LogP contribution in [0.25, 0.3) is 0 Å². The van der Waals surface area contributed by atoms with Crippen molar-refractivity contribution < 1.29 is 9.53 Å². The number of piperidine rings is 2. The molecule has 0 aromatic rings. The van der Waals surface area contributed by atoms with E-state index in [1.807, 2.05) is 0 Å². The molecule has 2 aliphatic heterocycles. The van der Waals surface area contributed by atoms with E-state index in [0.29, 0.717) is 17.9 Å².